The second-order valence-electron chi connectivity index (χ2n) is 3.15. The molecule has 0 fully saturated rings. The van der Waals surface area contributed by atoms with Crippen LogP contribution in [0.25, 0.3) is 0 Å². The molecule has 0 unspecified atom stereocenters. The molecule has 78 valence electrons. The predicted molar refractivity (Wildman–Crippen MR) is 53.3 cm³/mol. The van der Waals surface area contributed by atoms with Gasteiger partial charge in [0.25, 0.3) is 0 Å². The highest BCUT2D eigenvalue weighted by atomic mass is 16.6. The van der Waals surface area contributed by atoms with Crippen molar-refractivity contribution in [2.24, 2.45) is 0 Å². The van der Waals surface area contributed by atoms with Gasteiger partial charge in [0.1, 0.15) is 19.0 Å². The summed E-state index contributed by atoms with van der Waals surface area (Å²) in [6.07, 6.45) is 0.295. The van der Waals surface area contributed by atoms with Gasteiger partial charge in [0.15, 0.2) is 11.5 Å². The molecule has 0 spiro atoms. The van der Waals surface area contributed by atoms with E-state index in [9.17, 15) is 0 Å². The molecular formula is C11H11NO3. The van der Waals surface area contributed by atoms with Gasteiger partial charge >= 0.3 is 0 Å². The number of hydrogen-bond acceptors (Lipinski definition) is 4. The molecule has 1 aliphatic rings. The smallest absolute Gasteiger partial charge is 0.165 e. The number of nitriles is 1. The van der Waals surface area contributed by atoms with Gasteiger partial charge < -0.3 is 14.2 Å². The molecule has 1 aromatic carbocycles. The van der Waals surface area contributed by atoms with E-state index in [2.05, 4.69) is 6.07 Å². The zero-order valence-corrected chi connectivity index (χ0v) is 8.45. The fourth-order valence-electron chi connectivity index (χ4n) is 1.53. The molecule has 0 amide bonds. The maximum Gasteiger partial charge on any atom is 0.165 e. The Labute approximate surface area is 88.0 Å². The fraction of sp³-hybridized carbons (Fsp3) is 0.364. The molecule has 15 heavy (non-hydrogen) atoms. The summed E-state index contributed by atoms with van der Waals surface area (Å²) in [4.78, 5) is 0. The molecule has 4 nitrogen and oxygen atoms in total. The van der Waals surface area contributed by atoms with Crippen LogP contribution in [0.4, 0.5) is 0 Å². The standard InChI is InChI=1S/C11H11NO3/c1-13-9-6-8(2-3-12)11-10(7-9)14-4-5-15-11/h6-7H,2,4-5H2,1H3. The number of ether oxygens (including phenoxy) is 3. The third-order valence-corrected chi connectivity index (χ3v) is 2.20. The molecule has 1 aliphatic heterocycles. The highest BCUT2D eigenvalue weighted by Gasteiger charge is 2.17. The Morgan fingerprint density at radius 1 is 1.40 bits per heavy atom. The number of methoxy groups -OCH3 is 1. The molecule has 0 aromatic heterocycles. The molecule has 2 rings (SSSR count). The molecule has 1 aromatic rings. The van der Waals surface area contributed by atoms with Crippen molar-refractivity contribution in [3.05, 3.63) is 17.7 Å². The van der Waals surface area contributed by atoms with Gasteiger partial charge in [-0.15, -0.1) is 0 Å². The minimum Gasteiger partial charge on any atom is -0.497 e. The lowest BCUT2D eigenvalue weighted by Gasteiger charge is -2.21. The Bertz CT molecular complexity index is 409. The summed E-state index contributed by atoms with van der Waals surface area (Å²) >= 11 is 0. The van der Waals surface area contributed by atoms with Gasteiger partial charge in [-0.2, -0.15) is 5.26 Å². The van der Waals surface area contributed by atoms with E-state index in [1.807, 2.05) is 0 Å². The van der Waals surface area contributed by atoms with E-state index in [1.54, 1.807) is 19.2 Å². The van der Waals surface area contributed by atoms with Crippen LogP contribution in [0.5, 0.6) is 17.2 Å². The maximum absolute atomic E-state index is 8.70. The first kappa shape index (κ1) is 9.66. The Morgan fingerprint density at radius 2 is 2.20 bits per heavy atom. The van der Waals surface area contributed by atoms with Gasteiger partial charge in [-0.05, 0) is 6.07 Å². The van der Waals surface area contributed by atoms with Crippen LogP contribution >= 0.6 is 0 Å². The zero-order valence-electron chi connectivity index (χ0n) is 8.45. The van der Waals surface area contributed by atoms with Crippen LogP contribution in [0, 0.1) is 11.3 Å². The van der Waals surface area contributed by atoms with E-state index in [0.717, 1.165) is 5.56 Å². The van der Waals surface area contributed by atoms with E-state index in [4.69, 9.17) is 19.5 Å². The summed E-state index contributed by atoms with van der Waals surface area (Å²) in [6.45, 7) is 1.06. The average molecular weight is 205 g/mol. The molecule has 0 bridgehead atoms. The third-order valence-electron chi connectivity index (χ3n) is 2.20. The number of nitrogens with zero attached hydrogens (tertiary/aromatic N) is 1. The number of hydrogen-bond donors (Lipinski definition) is 0. The maximum atomic E-state index is 8.70. The molecular weight excluding hydrogens is 194 g/mol. The van der Waals surface area contributed by atoms with Crippen LogP contribution in [0.2, 0.25) is 0 Å². The second kappa shape index (κ2) is 4.09. The largest absolute Gasteiger partial charge is 0.497 e. The topological polar surface area (TPSA) is 51.5 Å². The number of rotatable bonds is 2. The van der Waals surface area contributed by atoms with Crippen molar-refractivity contribution in [2.75, 3.05) is 20.3 Å². The van der Waals surface area contributed by atoms with Crippen molar-refractivity contribution in [1.82, 2.24) is 0 Å². The van der Waals surface area contributed by atoms with Crippen molar-refractivity contribution in [2.45, 2.75) is 6.42 Å². The average Bonchev–Trinajstić information content (AvgIpc) is 2.29. The lowest BCUT2D eigenvalue weighted by atomic mass is 10.1. The molecule has 0 aliphatic carbocycles. The SMILES string of the molecule is COc1cc(CC#N)c2c(c1)OCCO2. The molecule has 0 saturated carbocycles. The molecule has 1 heterocycles. The Balaban J connectivity index is 2.46. The normalized spacial score (nSPS) is 13.1. The van der Waals surface area contributed by atoms with Gasteiger partial charge in [-0.25, -0.2) is 0 Å². The monoisotopic (exact) mass is 205 g/mol. The predicted octanol–water partition coefficient (Wildman–Crippen LogP) is 1.53. The van der Waals surface area contributed by atoms with E-state index < -0.39 is 0 Å². The van der Waals surface area contributed by atoms with Crippen LogP contribution in [0.15, 0.2) is 12.1 Å². The van der Waals surface area contributed by atoms with Gasteiger partial charge in [0.05, 0.1) is 19.6 Å². The first-order valence-electron chi connectivity index (χ1n) is 4.68. The first-order chi connectivity index (χ1) is 7.35. The van der Waals surface area contributed by atoms with E-state index >= 15 is 0 Å². The summed E-state index contributed by atoms with van der Waals surface area (Å²) in [7, 11) is 1.58. The summed E-state index contributed by atoms with van der Waals surface area (Å²) in [5, 5.41) is 8.70. The summed E-state index contributed by atoms with van der Waals surface area (Å²) < 4.78 is 16.0. The Hall–Kier alpha value is -1.89. The minimum absolute atomic E-state index is 0.295. The first-order valence-corrected chi connectivity index (χ1v) is 4.68. The highest BCUT2D eigenvalue weighted by Crippen LogP contribution is 2.37. The number of benzene rings is 1. The Kier molecular flexibility index (Phi) is 2.64. The third kappa shape index (κ3) is 1.82. The van der Waals surface area contributed by atoms with Gasteiger partial charge in [0.2, 0.25) is 0 Å². The van der Waals surface area contributed by atoms with Crippen molar-refractivity contribution in [1.29, 1.82) is 5.26 Å². The van der Waals surface area contributed by atoms with Gasteiger partial charge in [-0.3, -0.25) is 0 Å². The summed E-state index contributed by atoms with van der Waals surface area (Å²) in [6, 6.07) is 5.67. The van der Waals surface area contributed by atoms with Crippen LogP contribution in [-0.2, 0) is 6.42 Å². The quantitative estimate of drug-likeness (QED) is 0.734. The molecule has 0 radical (unpaired) electrons. The Morgan fingerprint density at radius 3 is 2.93 bits per heavy atom. The van der Waals surface area contributed by atoms with Gasteiger partial charge in [0, 0.05) is 11.6 Å². The van der Waals surface area contributed by atoms with Crippen molar-refractivity contribution in [3.8, 4) is 23.3 Å². The zero-order chi connectivity index (χ0) is 10.7. The van der Waals surface area contributed by atoms with Crippen molar-refractivity contribution >= 4 is 0 Å². The second-order valence-corrected chi connectivity index (χ2v) is 3.15. The minimum atomic E-state index is 0.295. The summed E-state index contributed by atoms with van der Waals surface area (Å²) in [5.74, 6) is 2.01. The molecule has 4 heteroatoms. The number of fused-ring (bicyclic) bond motifs is 1. The highest BCUT2D eigenvalue weighted by molar-refractivity contribution is 5.53. The fourth-order valence-corrected chi connectivity index (χ4v) is 1.53. The van der Waals surface area contributed by atoms with E-state index in [1.165, 1.54) is 0 Å². The molecule has 0 saturated heterocycles. The van der Waals surface area contributed by atoms with E-state index in [-0.39, 0.29) is 0 Å². The van der Waals surface area contributed by atoms with Crippen molar-refractivity contribution in [3.63, 3.8) is 0 Å². The lowest BCUT2D eigenvalue weighted by Crippen LogP contribution is -2.16. The molecule has 0 atom stereocenters. The van der Waals surface area contributed by atoms with Gasteiger partial charge in [-0.1, -0.05) is 0 Å². The van der Waals surface area contributed by atoms with Crippen molar-refractivity contribution < 1.29 is 14.2 Å². The van der Waals surface area contributed by atoms with Crippen LogP contribution in [-0.4, -0.2) is 20.3 Å². The van der Waals surface area contributed by atoms with Crippen LogP contribution < -0.4 is 14.2 Å². The summed E-state index contributed by atoms with van der Waals surface area (Å²) in [5.41, 5.74) is 0.812. The lowest BCUT2D eigenvalue weighted by molar-refractivity contribution is 0.169. The molecule has 0 N–H and O–H groups in total. The van der Waals surface area contributed by atoms with Crippen LogP contribution in [0.3, 0.4) is 0 Å². The van der Waals surface area contributed by atoms with E-state index in [0.29, 0.717) is 36.9 Å². The van der Waals surface area contributed by atoms with Crippen LogP contribution in [0.1, 0.15) is 5.56 Å².